The first-order valence-corrected chi connectivity index (χ1v) is 5.03. The highest BCUT2D eigenvalue weighted by molar-refractivity contribution is 5.97. The van der Waals surface area contributed by atoms with Gasteiger partial charge in [-0.15, -0.1) is 0 Å². The van der Waals surface area contributed by atoms with E-state index in [4.69, 9.17) is 9.84 Å². The van der Waals surface area contributed by atoms with Gasteiger partial charge in [-0.2, -0.15) is 0 Å². The fourth-order valence-corrected chi connectivity index (χ4v) is 1.21. The number of benzene rings is 1. The molecule has 0 aliphatic carbocycles. The lowest BCUT2D eigenvalue weighted by Gasteiger charge is -2.06. The molecule has 1 aromatic rings. The lowest BCUT2D eigenvalue weighted by molar-refractivity contribution is 0.0939. The Labute approximate surface area is 89.7 Å². The van der Waals surface area contributed by atoms with Crippen LogP contribution in [0.25, 0.3) is 0 Å². The molecule has 0 radical (unpaired) electrons. The summed E-state index contributed by atoms with van der Waals surface area (Å²) in [6.07, 6.45) is 0. The third kappa shape index (κ3) is 3.36. The molecule has 1 aromatic carbocycles. The Morgan fingerprint density at radius 3 is 2.40 bits per heavy atom. The Morgan fingerprint density at radius 2 is 1.93 bits per heavy atom. The van der Waals surface area contributed by atoms with Crippen LogP contribution in [0, 0.1) is 5.92 Å². The van der Waals surface area contributed by atoms with Gasteiger partial charge in [-0.25, -0.2) is 0 Å². The first kappa shape index (κ1) is 11.7. The smallest absolute Gasteiger partial charge is 0.165 e. The van der Waals surface area contributed by atoms with Crippen LogP contribution in [0.2, 0.25) is 0 Å². The molecular formula is C12H16O3. The number of Topliss-reactive ketones (excluding diaryl/α,β-unsaturated/α-hetero) is 1. The van der Waals surface area contributed by atoms with Gasteiger partial charge in [0.15, 0.2) is 5.78 Å². The molecule has 1 rings (SSSR count). The number of aliphatic hydroxyl groups is 1. The molecule has 0 saturated carbocycles. The molecule has 3 nitrogen and oxygen atoms in total. The van der Waals surface area contributed by atoms with Crippen molar-refractivity contribution in [3.63, 3.8) is 0 Å². The molecule has 1 N–H and O–H groups in total. The van der Waals surface area contributed by atoms with Gasteiger partial charge in [0, 0.05) is 11.5 Å². The van der Waals surface area contributed by atoms with Gasteiger partial charge >= 0.3 is 0 Å². The predicted octanol–water partition coefficient (Wildman–Crippen LogP) is 1.90. The minimum Gasteiger partial charge on any atom is -0.491 e. The summed E-state index contributed by atoms with van der Waals surface area (Å²) in [6.45, 7) is 4.02. The van der Waals surface area contributed by atoms with Gasteiger partial charge in [-0.1, -0.05) is 13.8 Å². The fraction of sp³-hybridized carbons (Fsp3) is 0.417. The van der Waals surface area contributed by atoms with Gasteiger partial charge in [-0.05, 0) is 24.3 Å². The Bertz CT molecular complexity index is 314. The zero-order chi connectivity index (χ0) is 11.3. The second kappa shape index (κ2) is 5.51. The summed E-state index contributed by atoms with van der Waals surface area (Å²) in [5.41, 5.74) is 0.696. The second-order valence-electron chi connectivity index (χ2n) is 3.62. The van der Waals surface area contributed by atoms with E-state index in [0.29, 0.717) is 11.3 Å². The summed E-state index contributed by atoms with van der Waals surface area (Å²) in [4.78, 5) is 11.6. The monoisotopic (exact) mass is 208 g/mol. The highest BCUT2D eigenvalue weighted by Crippen LogP contribution is 2.14. The Balaban J connectivity index is 2.68. The highest BCUT2D eigenvalue weighted by atomic mass is 16.5. The van der Waals surface area contributed by atoms with Crippen LogP contribution in [0.5, 0.6) is 5.75 Å². The van der Waals surface area contributed by atoms with Crippen LogP contribution in [0.1, 0.15) is 24.2 Å². The number of hydrogen-bond acceptors (Lipinski definition) is 3. The lowest BCUT2D eigenvalue weighted by atomic mass is 10.0. The van der Waals surface area contributed by atoms with Crippen LogP contribution in [0.15, 0.2) is 24.3 Å². The van der Waals surface area contributed by atoms with Crippen LogP contribution >= 0.6 is 0 Å². The number of rotatable bonds is 5. The molecule has 0 aliphatic heterocycles. The van der Waals surface area contributed by atoms with Crippen molar-refractivity contribution in [1.82, 2.24) is 0 Å². The van der Waals surface area contributed by atoms with E-state index < -0.39 is 0 Å². The molecule has 0 aliphatic rings. The van der Waals surface area contributed by atoms with Gasteiger partial charge in [0.1, 0.15) is 12.4 Å². The molecule has 0 aromatic heterocycles. The van der Waals surface area contributed by atoms with Crippen molar-refractivity contribution in [3.05, 3.63) is 29.8 Å². The molecule has 0 spiro atoms. The van der Waals surface area contributed by atoms with E-state index in [-0.39, 0.29) is 24.9 Å². The third-order valence-corrected chi connectivity index (χ3v) is 2.02. The number of aliphatic hydroxyl groups excluding tert-OH is 1. The Hall–Kier alpha value is -1.35. The van der Waals surface area contributed by atoms with Crippen LogP contribution in [0.3, 0.4) is 0 Å². The normalized spacial score (nSPS) is 10.4. The second-order valence-corrected chi connectivity index (χ2v) is 3.62. The molecule has 0 fully saturated rings. The standard InChI is InChI=1S/C12H16O3/c1-9(2)12(14)10-3-5-11(6-4-10)15-8-7-13/h3-6,9,13H,7-8H2,1-2H3. The zero-order valence-electron chi connectivity index (χ0n) is 9.06. The van der Waals surface area contributed by atoms with Crippen molar-refractivity contribution >= 4 is 5.78 Å². The molecule has 82 valence electrons. The third-order valence-electron chi connectivity index (χ3n) is 2.02. The van der Waals surface area contributed by atoms with Gasteiger partial charge in [0.25, 0.3) is 0 Å². The molecule has 0 unspecified atom stereocenters. The molecule has 0 bridgehead atoms. The maximum atomic E-state index is 11.6. The van der Waals surface area contributed by atoms with E-state index in [9.17, 15) is 4.79 Å². The maximum absolute atomic E-state index is 11.6. The van der Waals surface area contributed by atoms with E-state index >= 15 is 0 Å². The van der Waals surface area contributed by atoms with E-state index in [0.717, 1.165) is 0 Å². The van der Waals surface area contributed by atoms with Gasteiger partial charge < -0.3 is 9.84 Å². The van der Waals surface area contributed by atoms with Gasteiger partial charge in [-0.3, -0.25) is 4.79 Å². The summed E-state index contributed by atoms with van der Waals surface area (Å²) >= 11 is 0. The van der Waals surface area contributed by atoms with Crippen molar-refractivity contribution in [3.8, 4) is 5.75 Å². The average molecular weight is 208 g/mol. The molecule has 0 saturated heterocycles. The summed E-state index contributed by atoms with van der Waals surface area (Å²) in [6, 6.07) is 6.97. The van der Waals surface area contributed by atoms with Crippen molar-refractivity contribution in [2.45, 2.75) is 13.8 Å². The van der Waals surface area contributed by atoms with Crippen molar-refractivity contribution in [2.75, 3.05) is 13.2 Å². The largest absolute Gasteiger partial charge is 0.491 e. The molecule has 0 amide bonds. The average Bonchev–Trinajstić information content (AvgIpc) is 2.26. The highest BCUT2D eigenvalue weighted by Gasteiger charge is 2.09. The van der Waals surface area contributed by atoms with Crippen LogP contribution in [-0.2, 0) is 0 Å². The molecule has 3 heteroatoms. The molecule has 0 atom stereocenters. The van der Waals surface area contributed by atoms with E-state index in [1.54, 1.807) is 24.3 Å². The minimum absolute atomic E-state index is 0.00727. The SMILES string of the molecule is CC(C)C(=O)c1ccc(OCCO)cc1. The van der Waals surface area contributed by atoms with Crippen molar-refractivity contribution < 1.29 is 14.6 Å². The quantitative estimate of drug-likeness (QED) is 0.752. The first-order chi connectivity index (χ1) is 7.15. The summed E-state index contributed by atoms with van der Waals surface area (Å²) in [7, 11) is 0. The van der Waals surface area contributed by atoms with Crippen molar-refractivity contribution in [2.24, 2.45) is 5.92 Å². The molecule has 0 heterocycles. The Kier molecular flexibility index (Phi) is 4.31. The van der Waals surface area contributed by atoms with Crippen LogP contribution in [0.4, 0.5) is 0 Å². The van der Waals surface area contributed by atoms with Crippen LogP contribution < -0.4 is 4.74 Å². The molecular weight excluding hydrogens is 192 g/mol. The van der Waals surface area contributed by atoms with Gasteiger partial charge in [0.05, 0.1) is 6.61 Å². The minimum atomic E-state index is -0.00727. The lowest BCUT2D eigenvalue weighted by Crippen LogP contribution is -2.07. The summed E-state index contributed by atoms with van der Waals surface area (Å²) in [5, 5.41) is 8.56. The van der Waals surface area contributed by atoms with E-state index in [2.05, 4.69) is 0 Å². The first-order valence-electron chi connectivity index (χ1n) is 5.03. The number of hydrogen-bond donors (Lipinski definition) is 1. The van der Waals surface area contributed by atoms with Crippen LogP contribution in [-0.4, -0.2) is 24.1 Å². The summed E-state index contributed by atoms with van der Waals surface area (Å²) in [5.74, 6) is 0.808. The molecule has 15 heavy (non-hydrogen) atoms. The van der Waals surface area contributed by atoms with Gasteiger partial charge in [0.2, 0.25) is 0 Å². The number of ether oxygens (including phenoxy) is 1. The van der Waals surface area contributed by atoms with E-state index in [1.807, 2.05) is 13.8 Å². The Morgan fingerprint density at radius 1 is 1.33 bits per heavy atom. The zero-order valence-corrected chi connectivity index (χ0v) is 9.06. The maximum Gasteiger partial charge on any atom is 0.165 e. The number of ketones is 1. The topological polar surface area (TPSA) is 46.5 Å². The summed E-state index contributed by atoms with van der Waals surface area (Å²) < 4.78 is 5.19. The van der Waals surface area contributed by atoms with E-state index in [1.165, 1.54) is 0 Å². The number of carbonyl (C=O) groups is 1. The predicted molar refractivity (Wildman–Crippen MR) is 58.2 cm³/mol. The number of carbonyl (C=O) groups excluding carboxylic acids is 1. The van der Waals surface area contributed by atoms with Crippen molar-refractivity contribution in [1.29, 1.82) is 0 Å². The fourth-order valence-electron chi connectivity index (χ4n) is 1.21.